The highest BCUT2D eigenvalue weighted by atomic mass is 15.1. The Hall–Kier alpha value is -3.13. The maximum absolute atomic E-state index is 2.44. The van der Waals surface area contributed by atoms with Gasteiger partial charge in [-0.3, -0.25) is 0 Å². The van der Waals surface area contributed by atoms with E-state index in [1.165, 1.54) is 39.4 Å². The molecule has 0 saturated carbocycles. The molecule has 0 unspecified atom stereocenters. The molecule has 1 heterocycles. The minimum absolute atomic E-state index is 0.00858. The molecule has 0 atom stereocenters. The van der Waals surface area contributed by atoms with Crippen LogP contribution in [0.1, 0.15) is 51.7 Å². The van der Waals surface area contributed by atoms with Crippen molar-refractivity contribution in [3.05, 3.63) is 101 Å². The smallest absolute Gasteiger partial charge is 0.209 e. The van der Waals surface area contributed by atoms with Crippen LogP contribution in [0.25, 0.3) is 6.08 Å². The number of fused-ring (bicyclic) bond motifs is 1. The summed E-state index contributed by atoms with van der Waals surface area (Å²) in [6, 6.07) is 17.4. The predicted octanol–water partition coefficient (Wildman–Crippen LogP) is 7.70. The first-order valence-electron chi connectivity index (χ1n) is 12.3. The Morgan fingerprint density at radius 1 is 0.853 bits per heavy atom. The van der Waals surface area contributed by atoms with E-state index in [1.54, 1.807) is 0 Å². The van der Waals surface area contributed by atoms with Gasteiger partial charge in [0.25, 0.3) is 0 Å². The molecule has 0 radical (unpaired) electrons. The van der Waals surface area contributed by atoms with E-state index in [2.05, 4.69) is 143 Å². The number of nitrogens with zero attached hydrogens (tertiary/aromatic N) is 2. The zero-order chi connectivity index (χ0) is 24.5. The van der Waals surface area contributed by atoms with Gasteiger partial charge in [0.1, 0.15) is 7.05 Å². The first-order chi connectivity index (χ1) is 16.1. The molecule has 2 aliphatic rings. The molecular formula is C32H39N2+. The molecule has 0 fully saturated rings. The molecule has 0 bridgehead atoms. The number of rotatable bonds is 5. The molecule has 0 saturated heterocycles. The minimum atomic E-state index is 0.00858. The van der Waals surface area contributed by atoms with Crippen molar-refractivity contribution in [3.63, 3.8) is 0 Å². The maximum atomic E-state index is 2.44. The van der Waals surface area contributed by atoms with Crippen LogP contribution in [0.15, 0.2) is 90.1 Å². The van der Waals surface area contributed by atoms with Gasteiger partial charge in [-0.25, -0.2) is 0 Å². The quantitative estimate of drug-likeness (QED) is 0.333. The number of hydrogen-bond donors (Lipinski definition) is 0. The Bertz CT molecular complexity index is 1210. The number of hydrogen-bond acceptors (Lipinski definition) is 1. The topological polar surface area (TPSA) is 6.25 Å². The van der Waals surface area contributed by atoms with E-state index >= 15 is 0 Å². The zero-order valence-corrected chi connectivity index (χ0v) is 21.9. The Morgan fingerprint density at radius 3 is 2.21 bits per heavy atom. The van der Waals surface area contributed by atoms with E-state index in [0.29, 0.717) is 0 Å². The molecule has 2 aromatic rings. The van der Waals surface area contributed by atoms with Crippen LogP contribution < -0.4 is 4.90 Å². The molecule has 1 aliphatic carbocycles. The van der Waals surface area contributed by atoms with Crippen molar-refractivity contribution in [2.75, 3.05) is 26.0 Å². The first kappa shape index (κ1) is 24.0. The Balaban J connectivity index is 1.56. The molecule has 2 aromatic carbocycles. The highest BCUT2D eigenvalue weighted by Crippen LogP contribution is 2.42. The summed E-state index contributed by atoms with van der Waals surface area (Å²) in [6.45, 7) is 9.45. The summed E-state index contributed by atoms with van der Waals surface area (Å²) in [4.78, 5) is 2.12. The van der Waals surface area contributed by atoms with Gasteiger partial charge in [-0.05, 0) is 60.9 Å². The third kappa shape index (κ3) is 5.01. The number of para-hydroxylation sites is 1. The largest absolute Gasteiger partial charge is 0.378 e. The van der Waals surface area contributed by atoms with E-state index in [-0.39, 0.29) is 10.8 Å². The molecular weight excluding hydrogens is 412 g/mol. The van der Waals surface area contributed by atoms with Crippen molar-refractivity contribution < 1.29 is 4.58 Å². The van der Waals surface area contributed by atoms with Crippen molar-refractivity contribution in [3.8, 4) is 0 Å². The normalized spacial score (nSPS) is 20.3. The summed E-state index contributed by atoms with van der Waals surface area (Å²) in [6.07, 6.45) is 15.8. The standard InChI is InChI=1S/C32H39N2/c1-31(2)22-25(13-9-8-12-24-16-18-27(19-17-24)33(5)6)20-26(23-31)21-30-32(3,4)28-14-10-11-15-29(28)34(30)7/h8-21H,22-23H2,1-7H3/q+1. The van der Waals surface area contributed by atoms with E-state index in [9.17, 15) is 0 Å². The third-order valence-corrected chi connectivity index (χ3v) is 7.12. The van der Waals surface area contributed by atoms with Crippen LogP contribution in [-0.4, -0.2) is 31.4 Å². The molecule has 2 heteroatoms. The lowest BCUT2D eigenvalue weighted by molar-refractivity contribution is -0.401. The van der Waals surface area contributed by atoms with Crippen LogP contribution in [0, 0.1) is 5.41 Å². The summed E-state index contributed by atoms with van der Waals surface area (Å²) in [5.74, 6) is 0. The average molecular weight is 452 g/mol. The van der Waals surface area contributed by atoms with Gasteiger partial charge in [-0.2, -0.15) is 4.58 Å². The van der Waals surface area contributed by atoms with Gasteiger partial charge in [0.2, 0.25) is 5.69 Å². The fourth-order valence-electron chi connectivity index (χ4n) is 5.37. The van der Waals surface area contributed by atoms with Crippen LogP contribution in [0.2, 0.25) is 0 Å². The van der Waals surface area contributed by atoms with Gasteiger partial charge in [-0.15, -0.1) is 0 Å². The van der Waals surface area contributed by atoms with Crippen molar-refractivity contribution in [1.82, 2.24) is 0 Å². The van der Waals surface area contributed by atoms with Gasteiger partial charge in [0, 0.05) is 37.5 Å². The van der Waals surface area contributed by atoms with Crippen LogP contribution in [0.4, 0.5) is 11.4 Å². The Labute approximate surface area is 206 Å². The van der Waals surface area contributed by atoms with Gasteiger partial charge < -0.3 is 4.90 Å². The predicted molar refractivity (Wildman–Crippen MR) is 148 cm³/mol. The Kier molecular flexibility index (Phi) is 6.53. The van der Waals surface area contributed by atoms with Crippen LogP contribution in [0.3, 0.4) is 0 Å². The summed E-state index contributed by atoms with van der Waals surface area (Å²) in [7, 11) is 6.34. The summed E-state index contributed by atoms with van der Waals surface area (Å²) in [5, 5.41) is 0. The second-order valence-electron chi connectivity index (χ2n) is 11.2. The number of allylic oxidation sites excluding steroid dienone is 7. The van der Waals surface area contributed by atoms with Crippen LogP contribution >= 0.6 is 0 Å². The van der Waals surface area contributed by atoms with Crippen molar-refractivity contribution >= 4 is 23.2 Å². The maximum Gasteiger partial charge on any atom is 0.209 e. The molecule has 176 valence electrons. The minimum Gasteiger partial charge on any atom is -0.378 e. The lowest BCUT2D eigenvalue weighted by Crippen LogP contribution is -2.28. The van der Waals surface area contributed by atoms with Gasteiger partial charge in [-0.1, -0.05) is 74.6 Å². The molecule has 4 rings (SSSR count). The second kappa shape index (κ2) is 9.25. The summed E-state index contributed by atoms with van der Waals surface area (Å²) >= 11 is 0. The van der Waals surface area contributed by atoms with Gasteiger partial charge in [0.05, 0.1) is 5.41 Å². The van der Waals surface area contributed by atoms with Gasteiger partial charge >= 0.3 is 0 Å². The second-order valence-corrected chi connectivity index (χ2v) is 11.2. The lowest BCUT2D eigenvalue weighted by Gasteiger charge is -2.30. The molecule has 0 spiro atoms. The van der Waals surface area contributed by atoms with E-state index < -0.39 is 0 Å². The number of benzene rings is 2. The van der Waals surface area contributed by atoms with Crippen LogP contribution in [0.5, 0.6) is 0 Å². The zero-order valence-electron chi connectivity index (χ0n) is 21.9. The molecule has 0 amide bonds. The first-order valence-corrected chi connectivity index (χ1v) is 12.3. The highest BCUT2D eigenvalue weighted by molar-refractivity contribution is 6.03. The van der Waals surface area contributed by atoms with Gasteiger partial charge in [0.15, 0.2) is 5.71 Å². The fraction of sp³-hybridized carbons (Fsp3) is 0.344. The van der Waals surface area contributed by atoms with E-state index in [0.717, 1.165) is 12.8 Å². The van der Waals surface area contributed by atoms with Crippen molar-refractivity contribution in [1.29, 1.82) is 0 Å². The molecule has 2 nitrogen and oxygen atoms in total. The summed E-state index contributed by atoms with van der Waals surface area (Å²) < 4.78 is 2.37. The SMILES string of the molecule is CN(C)c1ccc(C=CC=CC2=CC(=CC3=[N+](C)c4ccccc4C3(C)C)CC(C)(C)C2)cc1. The van der Waals surface area contributed by atoms with Crippen LogP contribution in [-0.2, 0) is 5.41 Å². The number of anilines is 1. The highest BCUT2D eigenvalue weighted by Gasteiger charge is 2.43. The van der Waals surface area contributed by atoms with E-state index in [4.69, 9.17) is 0 Å². The monoisotopic (exact) mass is 451 g/mol. The average Bonchev–Trinajstić information content (AvgIpc) is 2.97. The lowest BCUT2D eigenvalue weighted by atomic mass is 9.73. The molecule has 0 aromatic heterocycles. The van der Waals surface area contributed by atoms with E-state index in [1.807, 2.05) is 0 Å². The van der Waals surface area contributed by atoms with Crippen molar-refractivity contribution in [2.45, 2.75) is 46.0 Å². The fourth-order valence-corrected chi connectivity index (χ4v) is 5.37. The third-order valence-electron chi connectivity index (χ3n) is 7.12. The summed E-state index contributed by atoms with van der Waals surface area (Å²) in [5.41, 5.74) is 9.62. The van der Waals surface area contributed by atoms with Crippen molar-refractivity contribution in [2.24, 2.45) is 5.41 Å². The Morgan fingerprint density at radius 2 is 1.53 bits per heavy atom. The molecule has 0 N–H and O–H groups in total. The molecule has 34 heavy (non-hydrogen) atoms. The molecule has 1 aliphatic heterocycles.